The van der Waals surface area contributed by atoms with Gasteiger partial charge in [-0.1, -0.05) is 5.16 Å². The molecule has 0 amide bonds. The summed E-state index contributed by atoms with van der Waals surface area (Å²) in [5.74, 6) is 4.23. The molecule has 3 heterocycles. The van der Waals surface area contributed by atoms with Crippen LogP contribution in [0.3, 0.4) is 0 Å². The van der Waals surface area contributed by atoms with Crippen molar-refractivity contribution in [2.75, 3.05) is 13.2 Å². The average Bonchev–Trinajstić information content (AvgIpc) is 3.50. The largest absolute Gasteiger partial charge is 0.368 e. The minimum atomic E-state index is -0.0753. The van der Waals surface area contributed by atoms with Gasteiger partial charge in [0.25, 0.3) is 5.89 Å². The van der Waals surface area contributed by atoms with Crippen LogP contribution < -0.4 is 5.32 Å². The fraction of sp³-hybridized carbons (Fsp3) is 0.722. The van der Waals surface area contributed by atoms with Crippen molar-refractivity contribution < 1.29 is 9.26 Å². The Morgan fingerprint density at radius 1 is 1.28 bits per heavy atom. The molecule has 5 rings (SSSR count). The highest BCUT2D eigenvalue weighted by atomic mass is 16.5. The van der Waals surface area contributed by atoms with E-state index in [-0.39, 0.29) is 6.10 Å². The molecule has 2 aromatic rings. The highest BCUT2D eigenvalue weighted by Crippen LogP contribution is 2.42. The van der Waals surface area contributed by atoms with Crippen LogP contribution in [0.1, 0.15) is 67.7 Å². The molecule has 7 heteroatoms. The van der Waals surface area contributed by atoms with Crippen LogP contribution in [0.15, 0.2) is 16.9 Å². The second kappa shape index (κ2) is 6.21. The van der Waals surface area contributed by atoms with E-state index >= 15 is 0 Å². The Hall–Kier alpha value is -1.73. The lowest BCUT2D eigenvalue weighted by Crippen LogP contribution is -2.31. The van der Waals surface area contributed by atoms with Gasteiger partial charge in [0.2, 0.25) is 0 Å². The maximum Gasteiger partial charge on any atom is 0.256 e. The summed E-state index contributed by atoms with van der Waals surface area (Å²) in [5, 5.41) is 7.90. The molecule has 7 nitrogen and oxygen atoms in total. The van der Waals surface area contributed by atoms with Crippen LogP contribution in [0.4, 0.5) is 0 Å². The zero-order chi connectivity index (χ0) is 16.8. The maximum absolute atomic E-state index is 5.93. The lowest BCUT2D eigenvalue weighted by atomic mass is 10.0. The van der Waals surface area contributed by atoms with Gasteiger partial charge in [0.05, 0.1) is 6.04 Å². The van der Waals surface area contributed by atoms with Crippen molar-refractivity contribution in [1.82, 2.24) is 25.0 Å². The number of imidazole rings is 1. The normalized spacial score (nSPS) is 27.7. The average molecular weight is 343 g/mol. The van der Waals surface area contributed by atoms with Gasteiger partial charge in [-0.05, 0) is 38.0 Å². The predicted octanol–water partition coefficient (Wildman–Crippen LogP) is 2.50. The molecular weight excluding hydrogens is 318 g/mol. The van der Waals surface area contributed by atoms with Gasteiger partial charge in [-0.15, -0.1) is 0 Å². The number of hydrogen-bond acceptors (Lipinski definition) is 6. The third-order valence-corrected chi connectivity index (χ3v) is 5.69. The van der Waals surface area contributed by atoms with Gasteiger partial charge in [0, 0.05) is 44.4 Å². The second-order valence-corrected chi connectivity index (χ2v) is 7.72. The molecule has 25 heavy (non-hydrogen) atoms. The smallest absolute Gasteiger partial charge is 0.256 e. The summed E-state index contributed by atoms with van der Waals surface area (Å²) < 4.78 is 13.6. The SMILES string of the molecule is Cn1ccnc1C(NC[C@@H]1CCO[C@@H]1c1nc(C2CC2)no1)C1CC1. The number of rotatable bonds is 7. The molecule has 3 fully saturated rings. The van der Waals surface area contributed by atoms with Crippen molar-refractivity contribution in [3.05, 3.63) is 29.9 Å². The molecular formula is C18H25N5O2. The van der Waals surface area contributed by atoms with Crippen molar-refractivity contribution in [3.63, 3.8) is 0 Å². The van der Waals surface area contributed by atoms with Crippen LogP contribution in [0.2, 0.25) is 0 Å². The van der Waals surface area contributed by atoms with E-state index in [0.29, 0.717) is 29.7 Å². The van der Waals surface area contributed by atoms with Crippen LogP contribution in [0.5, 0.6) is 0 Å². The second-order valence-electron chi connectivity index (χ2n) is 7.72. The lowest BCUT2D eigenvalue weighted by Gasteiger charge is -2.22. The fourth-order valence-electron chi connectivity index (χ4n) is 3.84. The molecule has 1 unspecified atom stereocenters. The standard InChI is InChI=1S/C18H25N5O2/c1-23-8-7-19-17(23)14(11-2-3-11)20-10-13-6-9-24-15(13)18-21-16(22-25-18)12-4-5-12/h7-8,11-15,20H,2-6,9-10H2,1H3/t13-,14?,15-/m0/s1. The van der Waals surface area contributed by atoms with Gasteiger partial charge in [-0.2, -0.15) is 4.98 Å². The summed E-state index contributed by atoms with van der Waals surface area (Å²) in [6.07, 6.45) is 9.78. The third-order valence-electron chi connectivity index (χ3n) is 5.69. The molecule has 0 spiro atoms. The molecule has 3 aliphatic rings. The Labute approximate surface area is 147 Å². The summed E-state index contributed by atoms with van der Waals surface area (Å²) in [4.78, 5) is 9.15. The Balaban J connectivity index is 1.26. The first-order chi connectivity index (χ1) is 12.3. The Kier molecular flexibility index (Phi) is 3.86. The number of aryl methyl sites for hydroxylation is 1. The highest BCUT2D eigenvalue weighted by molar-refractivity contribution is 5.07. The van der Waals surface area contributed by atoms with Crippen molar-refractivity contribution in [3.8, 4) is 0 Å². The zero-order valence-corrected chi connectivity index (χ0v) is 14.6. The van der Waals surface area contributed by atoms with Gasteiger partial charge >= 0.3 is 0 Å². The Morgan fingerprint density at radius 3 is 2.88 bits per heavy atom. The van der Waals surface area contributed by atoms with Gasteiger partial charge in [-0.3, -0.25) is 0 Å². The number of aromatic nitrogens is 4. The van der Waals surface area contributed by atoms with E-state index in [1.807, 2.05) is 12.4 Å². The first-order valence-corrected chi connectivity index (χ1v) is 9.45. The molecule has 1 saturated heterocycles. The molecule has 2 aromatic heterocycles. The Morgan fingerprint density at radius 2 is 2.16 bits per heavy atom. The van der Waals surface area contributed by atoms with Crippen LogP contribution >= 0.6 is 0 Å². The minimum absolute atomic E-state index is 0.0753. The van der Waals surface area contributed by atoms with E-state index in [9.17, 15) is 0 Å². The van der Waals surface area contributed by atoms with E-state index in [1.54, 1.807) is 0 Å². The van der Waals surface area contributed by atoms with Crippen LogP contribution in [-0.2, 0) is 11.8 Å². The monoisotopic (exact) mass is 343 g/mol. The number of hydrogen-bond donors (Lipinski definition) is 1. The van der Waals surface area contributed by atoms with E-state index in [1.165, 1.54) is 25.7 Å². The highest BCUT2D eigenvalue weighted by Gasteiger charge is 2.39. The van der Waals surface area contributed by atoms with E-state index < -0.39 is 0 Å². The third kappa shape index (κ3) is 3.11. The summed E-state index contributed by atoms with van der Waals surface area (Å²) in [6, 6.07) is 0.325. The molecule has 2 saturated carbocycles. The van der Waals surface area contributed by atoms with Gasteiger partial charge in [-0.25, -0.2) is 4.98 Å². The van der Waals surface area contributed by atoms with Crippen molar-refractivity contribution in [2.45, 2.75) is 50.2 Å². The van der Waals surface area contributed by atoms with Gasteiger partial charge < -0.3 is 19.1 Å². The van der Waals surface area contributed by atoms with Crippen LogP contribution in [-0.4, -0.2) is 32.8 Å². The first-order valence-electron chi connectivity index (χ1n) is 9.45. The fourth-order valence-corrected chi connectivity index (χ4v) is 3.84. The summed E-state index contributed by atoms with van der Waals surface area (Å²) in [5.41, 5.74) is 0. The topological polar surface area (TPSA) is 78.0 Å². The van der Waals surface area contributed by atoms with Crippen LogP contribution in [0, 0.1) is 11.8 Å². The van der Waals surface area contributed by atoms with Crippen LogP contribution in [0.25, 0.3) is 0 Å². The maximum atomic E-state index is 5.93. The van der Waals surface area contributed by atoms with E-state index in [4.69, 9.17) is 9.26 Å². The molecule has 1 N–H and O–H groups in total. The summed E-state index contributed by atoms with van der Waals surface area (Å²) in [7, 11) is 2.07. The Bertz CT molecular complexity index is 733. The molecule has 1 aliphatic heterocycles. The van der Waals surface area contributed by atoms with Crippen molar-refractivity contribution >= 4 is 0 Å². The minimum Gasteiger partial charge on any atom is -0.368 e. The molecule has 2 aliphatic carbocycles. The summed E-state index contributed by atoms with van der Waals surface area (Å²) in [6.45, 7) is 1.65. The van der Waals surface area contributed by atoms with Gasteiger partial charge in [0.1, 0.15) is 11.9 Å². The number of nitrogens with one attached hydrogen (secondary N) is 1. The van der Waals surface area contributed by atoms with E-state index in [0.717, 1.165) is 31.2 Å². The molecule has 134 valence electrons. The molecule has 0 bridgehead atoms. The first kappa shape index (κ1) is 15.5. The van der Waals surface area contributed by atoms with Crippen molar-refractivity contribution in [1.29, 1.82) is 0 Å². The van der Waals surface area contributed by atoms with Crippen molar-refractivity contribution in [2.24, 2.45) is 18.9 Å². The quantitative estimate of drug-likeness (QED) is 0.832. The number of ether oxygens (including phenoxy) is 1. The molecule has 3 atom stereocenters. The zero-order valence-electron chi connectivity index (χ0n) is 14.6. The lowest BCUT2D eigenvalue weighted by molar-refractivity contribution is 0.0615. The number of nitrogens with zero attached hydrogens (tertiary/aromatic N) is 4. The summed E-state index contributed by atoms with van der Waals surface area (Å²) >= 11 is 0. The predicted molar refractivity (Wildman–Crippen MR) is 89.7 cm³/mol. The van der Waals surface area contributed by atoms with E-state index in [2.05, 4.69) is 32.1 Å². The molecule has 0 aromatic carbocycles. The molecule has 0 radical (unpaired) electrons. The van der Waals surface area contributed by atoms with Gasteiger partial charge in [0.15, 0.2) is 5.82 Å².